The molecule has 1 saturated carbocycles. The second kappa shape index (κ2) is 4.07. The third-order valence-corrected chi connectivity index (χ3v) is 4.61. The lowest BCUT2D eigenvalue weighted by Gasteiger charge is -2.43. The van der Waals surface area contributed by atoms with Crippen LogP contribution in [0.4, 0.5) is 0 Å². The number of hydrogen-bond donors (Lipinski definition) is 0. The van der Waals surface area contributed by atoms with Crippen molar-refractivity contribution in [1.82, 2.24) is 0 Å². The SMILES string of the molecule is CC(C)(C)C1(c2ccccc2Cl)CCCC1. The van der Waals surface area contributed by atoms with E-state index in [0.717, 1.165) is 5.02 Å². The molecule has 0 bridgehead atoms. The number of benzene rings is 1. The molecule has 0 nitrogen and oxygen atoms in total. The van der Waals surface area contributed by atoms with Gasteiger partial charge < -0.3 is 0 Å². The molecule has 1 heteroatoms. The average molecular weight is 237 g/mol. The smallest absolute Gasteiger partial charge is 0.0443 e. The van der Waals surface area contributed by atoms with Gasteiger partial charge in [0.1, 0.15) is 0 Å². The molecule has 0 amide bonds. The first kappa shape index (κ1) is 12.0. The van der Waals surface area contributed by atoms with Gasteiger partial charge in [0.25, 0.3) is 0 Å². The molecular weight excluding hydrogens is 216 g/mol. The molecule has 0 heterocycles. The largest absolute Gasteiger partial charge is 0.0840 e. The number of rotatable bonds is 1. The molecule has 0 N–H and O–H groups in total. The lowest BCUT2D eigenvalue weighted by molar-refractivity contribution is 0.187. The Labute approximate surface area is 104 Å². The predicted molar refractivity (Wildman–Crippen MR) is 71.1 cm³/mol. The van der Waals surface area contributed by atoms with Crippen LogP contribution in [0.3, 0.4) is 0 Å². The van der Waals surface area contributed by atoms with Crippen LogP contribution in [-0.2, 0) is 5.41 Å². The molecule has 1 aliphatic carbocycles. The minimum atomic E-state index is 0.283. The van der Waals surface area contributed by atoms with Crippen molar-refractivity contribution in [3.63, 3.8) is 0 Å². The van der Waals surface area contributed by atoms with Gasteiger partial charge in [0.2, 0.25) is 0 Å². The second-order valence-electron chi connectivity index (χ2n) is 6.02. The van der Waals surface area contributed by atoms with Crippen molar-refractivity contribution in [2.75, 3.05) is 0 Å². The fourth-order valence-corrected chi connectivity index (χ4v) is 3.57. The molecule has 0 aliphatic heterocycles. The summed E-state index contributed by atoms with van der Waals surface area (Å²) in [5.41, 5.74) is 1.93. The summed E-state index contributed by atoms with van der Waals surface area (Å²) in [5, 5.41) is 0.944. The van der Waals surface area contributed by atoms with Gasteiger partial charge in [0.05, 0.1) is 0 Å². The van der Waals surface area contributed by atoms with Gasteiger partial charge in [-0.3, -0.25) is 0 Å². The molecule has 1 aromatic rings. The van der Waals surface area contributed by atoms with E-state index in [1.165, 1.54) is 31.2 Å². The first-order chi connectivity index (χ1) is 7.47. The predicted octanol–water partition coefficient (Wildman–Crippen LogP) is 5.20. The zero-order chi connectivity index (χ0) is 11.8. The molecule has 0 aromatic heterocycles. The number of hydrogen-bond acceptors (Lipinski definition) is 0. The summed E-state index contributed by atoms with van der Waals surface area (Å²) < 4.78 is 0. The van der Waals surface area contributed by atoms with Gasteiger partial charge in [0.15, 0.2) is 0 Å². The molecule has 0 atom stereocenters. The van der Waals surface area contributed by atoms with Gasteiger partial charge in [0, 0.05) is 10.4 Å². The van der Waals surface area contributed by atoms with E-state index in [2.05, 4.69) is 32.9 Å². The average Bonchev–Trinajstić information content (AvgIpc) is 2.67. The van der Waals surface area contributed by atoms with Crippen LogP contribution < -0.4 is 0 Å². The molecule has 0 saturated heterocycles. The van der Waals surface area contributed by atoms with Gasteiger partial charge in [-0.25, -0.2) is 0 Å². The lowest BCUT2D eigenvalue weighted by atomic mass is 9.61. The maximum atomic E-state index is 6.40. The van der Waals surface area contributed by atoms with Crippen LogP contribution in [0.15, 0.2) is 24.3 Å². The normalized spacial score (nSPS) is 20.0. The van der Waals surface area contributed by atoms with E-state index < -0.39 is 0 Å². The van der Waals surface area contributed by atoms with Crippen molar-refractivity contribution in [3.05, 3.63) is 34.9 Å². The third kappa shape index (κ3) is 1.78. The van der Waals surface area contributed by atoms with Crippen LogP contribution in [-0.4, -0.2) is 0 Å². The Kier molecular flexibility index (Phi) is 3.05. The van der Waals surface area contributed by atoms with E-state index in [-0.39, 0.29) is 10.8 Å². The van der Waals surface area contributed by atoms with Gasteiger partial charge in [-0.1, -0.05) is 63.4 Å². The molecule has 1 aliphatic rings. The van der Waals surface area contributed by atoms with E-state index >= 15 is 0 Å². The quantitative estimate of drug-likeness (QED) is 0.629. The van der Waals surface area contributed by atoms with Crippen molar-refractivity contribution >= 4 is 11.6 Å². The summed E-state index contributed by atoms with van der Waals surface area (Å²) in [4.78, 5) is 0. The zero-order valence-corrected chi connectivity index (χ0v) is 11.3. The summed E-state index contributed by atoms with van der Waals surface area (Å²) in [6.07, 6.45) is 5.23. The van der Waals surface area contributed by atoms with Crippen molar-refractivity contribution < 1.29 is 0 Å². The molecule has 0 radical (unpaired) electrons. The van der Waals surface area contributed by atoms with E-state index in [1.807, 2.05) is 12.1 Å². The summed E-state index contributed by atoms with van der Waals surface area (Å²) >= 11 is 6.40. The molecule has 0 unspecified atom stereocenters. The van der Waals surface area contributed by atoms with E-state index in [1.54, 1.807) is 0 Å². The third-order valence-electron chi connectivity index (χ3n) is 4.28. The van der Waals surface area contributed by atoms with Crippen LogP contribution in [0.2, 0.25) is 5.02 Å². The highest BCUT2D eigenvalue weighted by atomic mass is 35.5. The van der Waals surface area contributed by atoms with Gasteiger partial charge in [-0.2, -0.15) is 0 Å². The maximum absolute atomic E-state index is 6.40. The van der Waals surface area contributed by atoms with Crippen molar-refractivity contribution in [2.45, 2.75) is 51.9 Å². The van der Waals surface area contributed by atoms with Crippen molar-refractivity contribution in [3.8, 4) is 0 Å². The van der Waals surface area contributed by atoms with E-state index in [4.69, 9.17) is 11.6 Å². The molecular formula is C15H21Cl. The topological polar surface area (TPSA) is 0 Å². The Morgan fingerprint density at radius 1 is 1.06 bits per heavy atom. The van der Waals surface area contributed by atoms with Crippen LogP contribution in [0.1, 0.15) is 52.0 Å². The Hall–Kier alpha value is -0.490. The highest BCUT2D eigenvalue weighted by Crippen LogP contribution is 2.54. The molecule has 0 spiro atoms. The highest BCUT2D eigenvalue weighted by molar-refractivity contribution is 6.31. The molecule has 1 aromatic carbocycles. The number of halogens is 1. The summed E-state index contributed by atoms with van der Waals surface area (Å²) in [6, 6.07) is 8.39. The van der Waals surface area contributed by atoms with Crippen LogP contribution in [0.25, 0.3) is 0 Å². The van der Waals surface area contributed by atoms with Crippen molar-refractivity contribution in [2.24, 2.45) is 5.41 Å². The van der Waals surface area contributed by atoms with E-state index in [9.17, 15) is 0 Å². The summed E-state index contributed by atoms with van der Waals surface area (Å²) in [5.74, 6) is 0. The maximum Gasteiger partial charge on any atom is 0.0443 e. The van der Waals surface area contributed by atoms with Crippen molar-refractivity contribution in [1.29, 1.82) is 0 Å². The summed E-state index contributed by atoms with van der Waals surface area (Å²) in [7, 11) is 0. The van der Waals surface area contributed by atoms with Gasteiger partial charge in [-0.05, 0) is 29.9 Å². The van der Waals surface area contributed by atoms with Crippen LogP contribution in [0, 0.1) is 5.41 Å². The zero-order valence-electron chi connectivity index (χ0n) is 10.5. The molecule has 1 fully saturated rings. The molecule has 2 rings (SSSR count). The first-order valence-electron chi connectivity index (χ1n) is 6.22. The minimum Gasteiger partial charge on any atom is -0.0840 e. The fraction of sp³-hybridized carbons (Fsp3) is 0.600. The standard InChI is InChI=1S/C15H21Cl/c1-14(2,3)15(10-6-7-11-15)12-8-4-5-9-13(12)16/h4-5,8-9H,6-7,10-11H2,1-3H3. The van der Waals surface area contributed by atoms with Crippen LogP contribution >= 0.6 is 11.6 Å². The fourth-order valence-electron chi connectivity index (χ4n) is 3.25. The lowest BCUT2D eigenvalue weighted by Crippen LogP contribution is -2.37. The summed E-state index contributed by atoms with van der Waals surface area (Å²) in [6.45, 7) is 7.05. The highest BCUT2D eigenvalue weighted by Gasteiger charge is 2.45. The first-order valence-corrected chi connectivity index (χ1v) is 6.60. The van der Waals surface area contributed by atoms with E-state index in [0.29, 0.717) is 0 Å². The molecule has 88 valence electrons. The Balaban J connectivity index is 2.53. The van der Waals surface area contributed by atoms with Crippen LogP contribution in [0.5, 0.6) is 0 Å². The Morgan fingerprint density at radius 2 is 1.62 bits per heavy atom. The molecule has 16 heavy (non-hydrogen) atoms. The van der Waals surface area contributed by atoms with Gasteiger partial charge >= 0.3 is 0 Å². The minimum absolute atomic E-state index is 0.283. The monoisotopic (exact) mass is 236 g/mol. The Bertz CT molecular complexity index is 367. The Morgan fingerprint density at radius 3 is 2.12 bits per heavy atom. The second-order valence-corrected chi connectivity index (χ2v) is 6.43. The van der Waals surface area contributed by atoms with Gasteiger partial charge in [-0.15, -0.1) is 0 Å².